The van der Waals surface area contributed by atoms with Gasteiger partial charge in [0, 0.05) is 17.1 Å². The molecule has 0 radical (unpaired) electrons. The Hall–Kier alpha value is -0.610. The predicted octanol–water partition coefficient (Wildman–Crippen LogP) is 1.79. The number of halogens is 1. The summed E-state index contributed by atoms with van der Waals surface area (Å²) in [5.41, 5.74) is 1.02. The van der Waals surface area contributed by atoms with E-state index in [-0.39, 0.29) is 6.23 Å². The van der Waals surface area contributed by atoms with Gasteiger partial charge in [0.15, 0.2) is 0 Å². The Morgan fingerprint density at radius 3 is 2.60 bits per heavy atom. The minimum absolute atomic E-state index is 0.0151. The molecule has 0 spiro atoms. The number of benzene rings is 1. The molecule has 1 fully saturated rings. The molecule has 1 unspecified atom stereocenters. The van der Waals surface area contributed by atoms with Crippen molar-refractivity contribution in [3.63, 3.8) is 0 Å². The first-order chi connectivity index (χ1) is 7.29. The second-order valence-corrected chi connectivity index (χ2v) is 3.63. The van der Waals surface area contributed by atoms with Crippen LogP contribution in [0.2, 0.25) is 5.02 Å². The zero-order valence-corrected chi connectivity index (χ0v) is 9.84. The van der Waals surface area contributed by atoms with Crippen LogP contribution in [-0.4, -0.2) is 27.2 Å². The third kappa shape index (κ3) is 3.80. The van der Waals surface area contributed by atoms with Crippen molar-refractivity contribution in [3.8, 4) is 0 Å². The van der Waals surface area contributed by atoms with Gasteiger partial charge in [0.05, 0.1) is 6.61 Å². The molecule has 1 saturated heterocycles. The average Bonchev–Trinajstić information content (AvgIpc) is 2.72. The second kappa shape index (κ2) is 6.80. The summed E-state index contributed by atoms with van der Waals surface area (Å²) in [6.07, 6.45) is -0.0151. The van der Waals surface area contributed by atoms with Gasteiger partial charge in [-0.25, -0.2) is 0 Å². The lowest BCUT2D eigenvalue weighted by Crippen LogP contribution is -2.14. The molecule has 0 aliphatic carbocycles. The number of hydrogen-bond acceptors (Lipinski definition) is 3. The maximum atomic E-state index is 5.98. The Labute approximate surface area is 95.8 Å². The highest BCUT2D eigenvalue weighted by molar-refractivity contribution is 6.31. The lowest BCUT2D eigenvalue weighted by Gasteiger charge is -2.11. The minimum Gasteiger partial charge on any atom is -0.358 e. The van der Waals surface area contributed by atoms with Crippen LogP contribution in [0.1, 0.15) is 11.8 Å². The predicted molar refractivity (Wildman–Crippen MR) is 63.1 cm³/mol. The monoisotopic (exact) mass is 228 g/mol. The van der Waals surface area contributed by atoms with Crippen LogP contribution in [0.3, 0.4) is 0 Å². The summed E-state index contributed by atoms with van der Waals surface area (Å²) in [4.78, 5) is 0. The zero-order chi connectivity index (χ0) is 11.1. The molecule has 3 nitrogen and oxygen atoms in total. The molecule has 2 rings (SSSR count). The molecular formula is C11H17ClN2O. The molecule has 1 aliphatic heterocycles. The molecule has 0 aromatic heterocycles. The van der Waals surface area contributed by atoms with Gasteiger partial charge in [-0.3, -0.25) is 5.32 Å². The fraction of sp³-hybridized carbons (Fsp3) is 0.455. The van der Waals surface area contributed by atoms with Crippen molar-refractivity contribution in [1.29, 1.82) is 0 Å². The van der Waals surface area contributed by atoms with Gasteiger partial charge < -0.3 is 10.1 Å². The van der Waals surface area contributed by atoms with Crippen molar-refractivity contribution >= 4 is 11.6 Å². The third-order valence-corrected chi connectivity index (χ3v) is 2.25. The molecule has 0 amide bonds. The van der Waals surface area contributed by atoms with Gasteiger partial charge in [0.25, 0.3) is 0 Å². The van der Waals surface area contributed by atoms with Crippen LogP contribution in [0.25, 0.3) is 0 Å². The van der Waals surface area contributed by atoms with Crippen LogP contribution in [0, 0.1) is 0 Å². The second-order valence-electron chi connectivity index (χ2n) is 3.23. The molecule has 1 aromatic rings. The van der Waals surface area contributed by atoms with Crippen molar-refractivity contribution in [2.24, 2.45) is 0 Å². The normalized spacial score (nSPS) is 19.5. The minimum atomic E-state index is -0.0151. The summed E-state index contributed by atoms with van der Waals surface area (Å²) in [7, 11) is 3.75. The zero-order valence-electron chi connectivity index (χ0n) is 9.09. The molecule has 1 aliphatic rings. The molecule has 0 bridgehead atoms. The van der Waals surface area contributed by atoms with Crippen LogP contribution >= 0.6 is 11.6 Å². The number of hydrogen-bond donors (Lipinski definition) is 2. The summed E-state index contributed by atoms with van der Waals surface area (Å²) < 4.78 is 5.42. The van der Waals surface area contributed by atoms with Gasteiger partial charge in [-0.05, 0) is 20.2 Å². The van der Waals surface area contributed by atoms with Crippen molar-refractivity contribution in [1.82, 2.24) is 10.6 Å². The standard InChI is InChI=1S/C9H10ClNO.C2H7N/c10-8-4-2-1-3-7(8)9-11-5-6-12-9;1-3-2/h1-4,9,11H,5-6H2;3H,1-2H3. The number of rotatable bonds is 1. The molecular weight excluding hydrogens is 212 g/mol. The summed E-state index contributed by atoms with van der Waals surface area (Å²) in [5.74, 6) is 0. The highest BCUT2D eigenvalue weighted by Gasteiger charge is 2.18. The molecule has 1 aromatic carbocycles. The molecule has 84 valence electrons. The largest absolute Gasteiger partial charge is 0.358 e. The topological polar surface area (TPSA) is 33.3 Å². The molecule has 4 heteroatoms. The first-order valence-electron chi connectivity index (χ1n) is 4.97. The molecule has 1 heterocycles. The van der Waals surface area contributed by atoms with E-state index >= 15 is 0 Å². The Bertz CT molecular complexity index is 288. The highest BCUT2D eigenvalue weighted by Crippen LogP contribution is 2.24. The SMILES string of the molecule is CNC.Clc1ccccc1C1NCCO1. The maximum absolute atomic E-state index is 5.98. The van der Waals surface area contributed by atoms with E-state index in [9.17, 15) is 0 Å². The van der Waals surface area contributed by atoms with Gasteiger partial charge in [-0.1, -0.05) is 29.8 Å². The first kappa shape index (κ1) is 12.5. The van der Waals surface area contributed by atoms with Gasteiger partial charge in [0.2, 0.25) is 0 Å². The average molecular weight is 229 g/mol. The Balaban J connectivity index is 0.000000337. The van der Waals surface area contributed by atoms with Crippen LogP contribution in [0.15, 0.2) is 24.3 Å². The number of ether oxygens (including phenoxy) is 1. The van der Waals surface area contributed by atoms with Gasteiger partial charge in [-0.2, -0.15) is 0 Å². The van der Waals surface area contributed by atoms with Crippen LogP contribution in [-0.2, 0) is 4.74 Å². The van der Waals surface area contributed by atoms with E-state index in [1.54, 1.807) is 0 Å². The summed E-state index contributed by atoms with van der Waals surface area (Å²) in [6.45, 7) is 1.66. The highest BCUT2D eigenvalue weighted by atomic mass is 35.5. The van der Waals surface area contributed by atoms with E-state index in [0.29, 0.717) is 0 Å². The molecule has 1 atom stereocenters. The quantitative estimate of drug-likeness (QED) is 0.769. The molecule has 15 heavy (non-hydrogen) atoms. The van der Waals surface area contributed by atoms with E-state index in [0.717, 1.165) is 23.7 Å². The Morgan fingerprint density at radius 1 is 1.40 bits per heavy atom. The Morgan fingerprint density at radius 2 is 2.07 bits per heavy atom. The van der Waals surface area contributed by atoms with Crippen LogP contribution in [0.5, 0.6) is 0 Å². The summed E-state index contributed by atoms with van der Waals surface area (Å²) in [6, 6.07) is 7.73. The van der Waals surface area contributed by atoms with Crippen molar-refractivity contribution in [2.75, 3.05) is 27.2 Å². The number of nitrogens with one attached hydrogen (secondary N) is 2. The molecule has 0 saturated carbocycles. The van der Waals surface area contributed by atoms with E-state index in [2.05, 4.69) is 10.6 Å². The lowest BCUT2D eigenvalue weighted by molar-refractivity contribution is 0.102. The summed E-state index contributed by atoms with van der Waals surface area (Å²) in [5, 5.41) is 6.72. The fourth-order valence-electron chi connectivity index (χ4n) is 1.31. The lowest BCUT2D eigenvalue weighted by atomic mass is 10.2. The van der Waals surface area contributed by atoms with Gasteiger partial charge in [0.1, 0.15) is 6.23 Å². The van der Waals surface area contributed by atoms with E-state index in [1.165, 1.54) is 0 Å². The van der Waals surface area contributed by atoms with Crippen LogP contribution < -0.4 is 10.6 Å². The first-order valence-corrected chi connectivity index (χ1v) is 5.35. The van der Waals surface area contributed by atoms with Crippen molar-refractivity contribution in [2.45, 2.75) is 6.23 Å². The van der Waals surface area contributed by atoms with E-state index < -0.39 is 0 Å². The molecule has 2 N–H and O–H groups in total. The van der Waals surface area contributed by atoms with Gasteiger partial charge in [-0.15, -0.1) is 0 Å². The van der Waals surface area contributed by atoms with Crippen molar-refractivity contribution in [3.05, 3.63) is 34.9 Å². The fourth-order valence-corrected chi connectivity index (χ4v) is 1.55. The smallest absolute Gasteiger partial charge is 0.135 e. The Kier molecular flexibility index (Phi) is 5.65. The van der Waals surface area contributed by atoms with E-state index in [4.69, 9.17) is 16.3 Å². The van der Waals surface area contributed by atoms with E-state index in [1.807, 2.05) is 38.4 Å². The summed E-state index contributed by atoms with van der Waals surface area (Å²) >= 11 is 5.98. The van der Waals surface area contributed by atoms with Gasteiger partial charge >= 0.3 is 0 Å². The van der Waals surface area contributed by atoms with Crippen LogP contribution in [0.4, 0.5) is 0 Å². The van der Waals surface area contributed by atoms with Crippen molar-refractivity contribution < 1.29 is 4.74 Å². The maximum Gasteiger partial charge on any atom is 0.135 e. The third-order valence-electron chi connectivity index (χ3n) is 1.90.